The molecular formula is C28H22IN3O3S2. The number of aromatic nitrogens is 2. The van der Waals surface area contributed by atoms with E-state index in [4.69, 9.17) is 0 Å². The number of rotatable bonds is 6. The lowest BCUT2D eigenvalue weighted by Crippen LogP contribution is -2.29. The third-order valence-corrected chi connectivity index (χ3v) is 8.93. The highest BCUT2D eigenvalue weighted by Crippen LogP contribution is 2.44. The Labute approximate surface area is 236 Å². The molecule has 1 aliphatic heterocycles. The number of ketones is 1. The lowest BCUT2D eigenvalue weighted by molar-refractivity contribution is -0.132. The minimum absolute atomic E-state index is 0.0496. The van der Waals surface area contributed by atoms with Crippen LogP contribution in [0.5, 0.6) is 0 Å². The van der Waals surface area contributed by atoms with Crippen molar-refractivity contribution in [2.24, 2.45) is 0 Å². The molecule has 1 amide bonds. The maximum atomic E-state index is 13.4. The minimum atomic E-state index is -0.822. The van der Waals surface area contributed by atoms with E-state index in [2.05, 4.69) is 32.8 Å². The van der Waals surface area contributed by atoms with Crippen LogP contribution in [0.1, 0.15) is 33.9 Å². The number of hydrogen-bond acceptors (Lipinski definition) is 7. The number of nitrogens with zero attached hydrogens (tertiary/aromatic N) is 3. The van der Waals surface area contributed by atoms with E-state index >= 15 is 0 Å². The highest BCUT2D eigenvalue weighted by Gasteiger charge is 2.48. The maximum absolute atomic E-state index is 13.4. The van der Waals surface area contributed by atoms with Gasteiger partial charge in [0.2, 0.25) is 5.13 Å². The zero-order chi connectivity index (χ0) is 26.1. The van der Waals surface area contributed by atoms with E-state index in [1.54, 1.807) is 0 Å². The highest BCUT2D eigenvalue weighted by atomic mass is 127. The molecule has 0 saturated carbocycles. The SMILES string of the molecule is Cc1ccc(C)c(C(O)=C2C(=O)C(=O)N(c3nnc(SCc4ccccc4)s3)C2c2ccc(I)cc2)c1. The van der Waals surface area contributed by atoms with Crippen molar-refractivity contribution in [1.82, 2.24) is 10.2 Å². The quantitative estimate of drug-likeness (QED) is 0.0634. The summed E-state index contributed by atoms with van der Waals surface area (Å²) in [6.07, 6.45) is 0. The van der Waals surface area contributed by atoms with Gasteiger partial charge < -0.3 is 5.11 Å². The lowest BCUT2D eigenvalue weighted by atomic mass is 9.93. The van der Waals surface area contributed by atoms with E-state index in [1.165, 1.54) is 28.0 Å². The number of anilines is 1. The van der Waals surface area contributed by atoms with Crippen molar-refractivity contribution in [3.8, 4) is 0 Å². The predicted molar refractivity (Wildman–Crippen MR) is 156 cm³/mol. The highest BCUT2D eigenvalue weighted by molar-refractivity contribution is 14.1. The van der Waals surface area contributed by atoms with E-state index in [1.807, 2.05) is 86.6 Å². The maximum Gasteiger partial charge on any atom is 0.301 e. The van der Waals surface area contributed by atoms with Crippen molar-refractivity contribution >= 4 is 68.3 Å². The fourth-order valence-corrected chi connectivity index (χ4v) is 6.39. The second-order valence-corrected chi connectivity index (χ2v) is 12.1. The number of amides is 1. The van der Waals surface area contributed by atoms with E-state index in [0.717, 1.165) is 20.3 Å². The normalized spacial score (nSPS) is 16.9. The molecule has 4 aromatic rings. The van der Waals surface area contributed by atoms with Gasteiger partial charge in [-0.05, 0) is 71.3 Å². The van der Waals surface area contributed by atoms with Crippen LogP contribution in [0.15, 0.2) is 82.7 Å². The Morgan fingerprint density at radius 1 is 1.03 bits per heavy atom. The van der Waals surface area contributed by atoms with E-state index in [0.29, 0.717) is 26.4 Å². The average molecular weight is 640 g/mol. The number of carbonyl (C=O) groups excluding carboxylic acids is 2. The molecule has 0 bridgehead atoms. The van der Waals surface area contributed by atoms with Crippen LogP contribution in [-0.2, 0) is 15.3 Å². The molecule has 1 unspecified atom stereocenters. The summed E-state index contributed by atoms with van der Waals surface area (Å²) in [6, 6.07) is 22.4. The summed E-state index contributed by atoms with van der Waals surface area (Å²) in [5.74, 6) is -0.947. The molecule has 0 aliphatic carbocycles. The molecule has 1 N–H and O–H groups in total. The molecule has 0 spiro atoms. The van der Waals surface area contributed by atoms with Gasteiger partial charge in [0, 0.05) is 14.9 Å². The Morgan fingerprint density at radius 2 is 1.76 bits per heavy atom. The van der Waals surface area contributed by atoms with Crippen LogP contribution in [0.2, 0.25) is 0 Å². The van der Waals surface area contributed by atoms with Gasteiger partial charge in [0.25, 0.3) is 5.78 Å². The van der Waals surface area contributed by atoms with Gasteiger partial charge in [0.15, 0.2) is 4.34 Å². The second-order valence-electron chi connectivity index (χ2n) is 8.66. The van der Waals surface area contributed by atoms with Crippen molar-refractivity contribution in [2.75, 3.05) is 4.90 Å². The lowest BCUT2D eigenvalue weighted by Gasteiger charge is -2.22. The molecule has 0 radical (unpaired) electrons. The third-order valence-electron chi connectivity index (χ3n) is 6.09. The van der Waals surface area contributed by atoms with Gasteiger partial charge >= 0.3 is 5.91 Å². The first kappa shape index (κ1) is 25.6. The summed E-state index contributed by atoms with van der Waals surface area (Å²) in [5, 5.41) is 20.3. The van der Waals surface area contributed by atoms with Crippen LogP contribution in [0, 0.1) is 17.4 Å². The number of Topliss-reactive ketones (excluding diaryl/α,β-unsaturated/α-hetero) is 1. The van der Waals surface area contributed by atoms with Gasteiger partial charge in [-0.15, -0.1) is 10.2 Å². The standard InChI is InChI=1S/C28H22IN3O3S2/c1-16-8-9-17(2)21(14-16)24(33)22-23(19-10-12-20(29)13-11-19)32(26(35)25(22)34)27-30-31-28(37-27)36-15-18-6-4-3-5-7-18/h3-14,23,33H,15H2,1-2H3. The number of aliphatic hydroxyl groups is 1. The number of aryl methyl sites for hydroxylation is 2. The van der Waals surface area contributed by atoms with Gasteiger partial charge in [-0.25, -0.2) is 0 Å². The number of carbonyl (C=O) groups is 2. The van der Waals surface area contributed by atoms with Crippen molar-refractivity contribution in [1.29, 1.82) is 0 Å². The third kappa shape index (κ3) is 5.21. The Balaban J connectivity index is 1.58. The molecular weight excluding hydrogens is 617 g/mol. The summed E-state index contributed by atoms with van der Waals surface area (Å²) in [4.78, 5) is 28.2. The monoisotopic (exact) mass is 639 g/mol. The van der Waals surface area contributed by atoms with E-state index < -0.39 is 17.7 Å². The Kier molecular flexibility index (Phi) is 7.45. The fraction of sp³-hybridized carbons (Fsp3) is 0.143. The van der Waals surface area contributed by atoms with Crippen LogP contribution >= 0.6 is 45.7 Å². The van der Waals surface area contributed by atoms with Gasteiger partial charge in [-0.3, -0.25) is 14.5 Å². The zero-order valence-electron chi connectivity index (χ0n) is 20.0. The van der Waals surface area contributed by atoms with Gasteiger partial charge in [-0.2, -0.15) is 0 Å². The Bertz CT molecular complexity index is 1520. The minimum Gasteiger partial charge on any atom is -0.507 e. The summed E-state index contributed by atoms with van der Waals surface area (Å²) >= 11 is 4.99. The molecule has 186 valence electrons. The molecule has 1 atom stereocenters. The molecule has 5 rings (SSSR count). The fourth-order valence-electron chi connectivity index (χ4n) is 4.20. The van der Waals surface area contributed by atoms with Crippen molar-refractivity contribution in [2.45, 2.75) is 30.0 Å². The second kappa shape index (κ2) is 10.8. The number of hydrogen-bond donors (Lipinski definition) is 1. The average Bonchev–Trinajstić information content (AvgIpc) is 3.47. The Morgan fingerprint density at radius 3 is 2.49 bits per heavy atom. The van der Waals surface area contributed by atoms with E-state index in [9.17, 15) is 14.7 Å². The number of benzene rings is 3. The first-order chi connectivity index (χ1) is 17.8. The van der Waals surface area contributed by atoms with Crippen LogP contribution in [0.3, 0.4) is 0 Å². The van der Waals surface area contributed by atoms with Crippen LogP contribution in [-0.4, -0.2) is 27.0 Å². The Hall–Kier alpha value is -3.02. The molecule has 6 nitrogen and oxygen atoms in total. The summed E-state index contributed by atoms with van der Waals surface area (Å²) in [7, 11) is 0. The molecule has 2 heterocycles. The van der Waals surface area contributed by atoms with Gasteiger partial charge in [0.1, 0.15) is 5.76 Å². The molecule has 1 fully saturated rings. The smallest absolute Gasteiger partial charge is 0.301 e. The molecule has 9 heteroatoms. The van der Waals surface area contributed by atoms with Gasteiger partial charge in [0.05, 0.1) is 11.6 Å². The molecule has 37 heavy (non-hydrogen) atoms. The van der Waals surface area contributed by atoms with Crippen molar-refractivity contribution in [3.05, 3.63) is 110 Å². The molecule has 1 aromatic heterocycles. The van der Waals surface area contributed by atoms with Crippen molar-refractivity contribution < 1.29 is 14.7 Å². The van der Waals surface area contributed by atoms with Crippen LogP contribution in [0.25, 0.3) is 5.76 Å². The summed E-state index contributed by atoms with van der Waals surface area (Å²) in [6.45, 7) is 3.78. The molecule has 3 aromatic carbocycles. The van der Waals surface area contributed by atoms with E-state index in [-0.39, 0.29) is 11.3 Å². The van der Waals surface area contributed by atoms with Gasteiger partial charge in [-0.1, -0.05) is 83.3 Å². The zero-order valence-corrected chi connectivity index (χ0v) is 23.8. The van der Waals surface area contributed by atoms with Crippen molar-refractivity contribution in [3.63, 3.8) is 0 Å². The predicted octanol–water partition coefficient (Wildman–Crippen LogP) is 6.68. The number of halogens is 1. The van der Waals surface area contributed by atoms with Crippen LogP contribution in [0.4, 0.5) is 5.13 Å². The topological polar surface area (TPSA) is 83.4 Å². The summed E-state index contributed by atoms with van der Waals surface area (Å²) < 4.78 is 1.71. The first-order valence-corrected chi connectivity index (χ1v) is 14.4. The number of aliphatic hydroxyl groups excluding tert-OH is 1. The number of thioether (sulfide) groups is 1. The summed E-state index contributed by atoms with van der Waals surface area (Å²) in [5.41, 5.74) is 4.19. The van der Waals surface area contributed by atoms with Crippen LogP contribution < -0.4 is 4.90 Å². The molecule has 1 saturated heterocycles. The molecule has 1 aliphatic rings. The largest absolute Gasteiger partial charge is 0.507 e. The first-order valence-electron chi connectivity index (χ1n) is 11.5.